The van der Waals surface area contributed by atoms with E-state index in [9.17, 15) is 0 Å². The monoisotopic (exact) mass is 551 g/mol. The molecule has 8 aromatic carbocycles. The second-order valence-electron chi connectivity index (χ2n) is 10.9. The quantitative estimate of drug-likeness (QED) is 0.197. The first kappa shape index (κ1) is 23.5. The van der Waals surface area contributed by atoms with E-state index in [0.29, 0.717) is 0 Å². The van der Waals surface area contributed by atoms with Crippen LogP contribution in [0.25, 0.3) is 63.3 Å². The highest BCUT2D eigenvalue weighted by molar-refractivity contribution is 7.26. The SMILES string of the molecule is c1ccc(N(c2ccc3c(ccc4sc5ccccc5c43)c2)c2cccc3ccc4ccc5ccccc5c4c23)cc1. The van der Waals surface area contributed by atoms with Gasteiger partial charge in [0.05, 0.1) is 5.69 Å². The van der Waals surface area contributed by atoms with Gasteiger partial charge in [-0.25, -0.2) is 0 Å². The highest BCUT2D eigenvalue weighted by Gasteiger charge is 2.19. The average molecular weight is 552 g/mol. The highest BCUT2D eigenvalue weighted by Crippen LogP contribution is 2.45. The van der Waals surface area contributed by atoms with Gasteiger partial charge in [0.15, 0.2) is 0 Å². The molecule has 1 nitrogen and oxygen atoms in total. The van der Waals surface area contributed by atoms with Crippen LogP contribution in [0.2, 0.25) is 0 Å². The summed E-state index contributed by atoms with van der Waals surface area (Å²) in [6, 6.07) is 55.5. The van der Waals surface area contributed by atoms with Gasteiger partial charge in [-0.05, 0) is 80.2 Å². The van der Waals surface area contributed by atoms with Gasteiger partial charge in [-0.1, -0.05) is 109 Å². The van der Waals surface area contributed by atoms with Gasteiger partial charge in [-0.15, -0.1) is 11.3 Å². The molecule has 2 heteroatoms. The van der Waals surface area contributed by atoms with Crippen molar-refractivity contribution < 1.29 is 0 Å². The van der Waals surface area contributed by atoms with Gasteiger partial charge in [-0.2, -0.15) is 0 Å². The van der Waals surface area contributed by atoms with Crippen LogP contribution >= 0.6 is 11.3 Å². The summed E-state index contributed by atoms with van der Waals surface area (Å²) in [6.07, 6.45) is 0. The van der Waals surface area contributed by atoms with E-state index in [1.807, 2.05) is 11.3 Å². The second kappa shape index (κ2) is 9.17. The molecule has 0 saturated carbocycles. The van der Waals surface area contributed by atoms with Gasteiger partial charge in [0.2, 0.25) is 0 Å². The first-order chi connectivity index (χ1) is 20.8. The molecular weight excluding hydrogens is 527 g/mol. The van der Waals surface area contributed by atoms with Crippen molar-refractivity contribution in [3.63, 3.8) is 0 Å². The molecule has 9 aromatic rings. The van der Waals surface area contributed by atoms with E-state index in [2.05, 4.69) is 157 Å². The van der Waals surface area contributed by atoms with Gasteiger partial charge in [0.1, 0.15) is 0 Å². The van der Waals surface area contributed by atoms with Crippen LogP contribution in [0.3, 0.4) is 0 Å². The molecule has 196 valence electrons. The predicted molar refractivity (Wildman–Crippen MR) is 184 cm³/mol. The molecule has 1 heterocycles. The fourth-order valence-corrected chi connectivity index (χ4v) is 7.85. The third kappa shape index (κ3) is 3.49. The van der Waals surface area contributed by atoms with Gasteiger partial charge in [-0.3, -0.25) is 0 Å². The fourth-order valence-electron chi connectivity index (χ4n) is 6.73. The van der Waals surface area contributed by atoms with Crippen molar-refractivity contribution in [2.75, 3.05) is 4.90 Å². The van der Waals surface area contributed by atoms with Crippen LogP contribution in [0.4, 0.5) is 17.1 Å². The lowest BCUT2D eigenvalue weighted by atomic mass is 9.94. The van der Waals surface area contributed by atoms with Crippen molar-refractivity contribution in [2.24, 2.45) is 0 Å². The number of nitrogens with zero attached hydrogens (tertiary/aromatic N) is 1. The summed E-state index contributed by atoms with van der Waals surface area (Å²) < 4.78 is 2.67. The molecule has 42 heavy (non-hydrogen) atoms. The lowest BCUT2D eigenvalue weighted by Crippen LogP contribution is -2.10. The Morgan fingerprint density at radius 1 is 0.357 bits per heavy atom. The number of hydrogen-bond acceptors (Lipinski definition) is 2. The van der Waals surface area contributed by atoms with Crippen molar-refractivity contribution in [2.45, 2.75) is 0 Å². The zero-order valence-corrected chi connectivity index (χ0v) is 23.6. The van der Waals surface area contributed by atoms with Crippen LogP contribution in [-0.2, 0) is 0 Å². The molecule has 0 unspecified atom stereocenters. The Hall–Kier alpha value is -5.18. The van der Waals surface area contributed by atoms with Crippen LogP contribution in [0.15, 0.2) is 152 Å². The number of thiophene rings is 1. The molecule has 0 N–H and O–H groups in total. The van der Waals surface area contributed by atoms with Crippen molar-refractivity contribution in [3.05, 3.63) is 152 Å². The minimum absolute atomic E-state index is 1.14. The molecule has 0 aliphatic heterocycles. The molecule has 0 aliphatic carbocycles. The lowest BCUT2D eigenvalue weighted by molar-refractivity contribution is 1.31. The number of benzene rings is 8. The maximum atomic E-state index is 2.43. The summed E-state index contributed by atoms with van der Waals surface area (Å²) in [5.41, 5.74) is 3.48. The number of anilines is 3. The molecule has 0 amide bonds. The summed E-state index contributed by atoms with van der Waals surface area (Å²) in [5.74, 6) is 0. The Balaban J connectivity index is 1.36. The third-order valence-electron chi connectivity index (χ3n) is 8.58. The molecule has 0 atom stereocenters. The van der Waals surface area contributed by atoms with Gasteiger partial charge >= 0.3 is 0 Å². The van der Waals surface area contributed by atoms with E-state index in [-0.39, 0.29) is 0 Å². The van der Waals surface area contributed by atoms with Crippen LogP contribution in [0, 0.1) is 0 Å². The molecule has 0 bridgehead atoms. The maximum absolute atomic E-state index is 2.43. The molecule has 0 fully saturated rings. The Morgan fingerprint density at radius 3 is 1.90 bits per heavy atom. The standard InChI is InChI=1S/C40H25NS/c1-2-11-30(12-3-1)41(31-22-23-33-29(25-31)21-24-37-40(33)34-14-6-7-16-36(34)42-37)35-15-8-10-27-19-20-28-18-17-26-9-4-5-13-32(26)38(28)39(27)35/h1-25H. The second-order valence-corrected chi connectivity index (χ2v) is 12.0. The van der Waals surface area contributed by atoms with Crippen LogP contribution < -0.4 is 4.90 Å². The molecule has 1 aromatic heterocycles. The smallest absolute Gasteiger partial charge is 0.0546 e. The van der Waals surface area contributed by atoms with Gasteiger partial charge in [0, 0.05) is 36.9 Å². The molecule has 0 radical (unpaired) electrons. The lowest BCUT2D eigenvalue weighted by Gasteiger charge is -2.28. The Kier molecular flexibility index (Phi) is 5.13. The normalized spacial score (nSPS) is 11.8. The van der Waals surface area contributed by atoms with E-state index in [1.54, 1.807) is 0 Å². The highest BCUT2D eigenvalue weighted by atomic mass is 32.1. The Labute approximate surface area is 247 Å². The van der Waals surface area contributed by atoms with Crippen LogP contribution in [0.5, 0.6) is 0 Å². The van der Waals surface area contributed by atoms with Crippen molar-refractivity contribution in [1.82, 2.24) is 0 Å². The molecule has 0 spiro atoms. The average Bonchev–Trinajstić information content (AvgIpc) is 3.44. The number of fused-ring (bicyclic) bond motifs is 10. The van der Waals surface area contributed by atoms with Crippen molar-refractivity contribution >= 4 is 91.7 Å². The molecule has 0 aliphatic rings. The molecule has 9 rings (SSSR count). The Bertz CT molecular complexity index is 2470. The largest absolute Gasteiger partial charge is 0.310 e. The summed E-state index contributed by atoms with van der Waals surface area (Å²) in [4.78, 5) is 2.43. The maximum Gasteiger partial charge on any atom is 0.0546 e. The molecule has 0 saturated heterocycles. The topological polar surface area (TPSA) is 3.24 Å². The zero-order valence-electron chi connectivity index (χ0n) is 22.8. The number of rotatable bonds is 3. The van der Waals surface area contributed by atoms with E-state index >= 15 is 0 Å². The Morgan fingerprint density at radius 2 is 1.02 bits per heavy atom. The van der Waals surface area contributed by atoms with Gasteiger partial charge in [0.25, 0.3) is 0 Å². The van der Waals surface area contributed by atoms with Crippen molar-refractivity contribution in [1.29, 1.82) is 0 Å². The van der Waals surface area contributed by atoms with Gasteiger partial charge < -0.3 is 4.90 Å². The number of para-hydroxylation sites is 1. The predicted octanol–water partition coefficient (Wildman–Crippen LogP) is 12.1. The van der Waals surface area contributed by atoms with Crippen molar-refractivity contribution in [3.8, 4) is 0 Å². The zero-order chi connectivity index (χ0) is 27.6. The summed E-state index contributed by atoms with van der Waals surface area (Å²) in [7, 11) is 0. The number of hydrogen-bond donors (Lipinski definition) is 0. The van der Waals surface area contributed by atoms with E-state index in [1.165, 1.54) is 68.9 Å². The van der Waals surface area contributed by atoms with E-state index in [0.717, 1.165) is 11.4 Å². The minimum atomic E-state index is 1.14. The van der Waals surface area contributed by atoms with E-state index < -0.39 is 0 Å². The van der Waals surface area contributed by atoms with Crippen LogP contribution in [0.1, 0.15) is 0 Å². The summed E-state index contributed by atoms with van der Waals surface area (Å²) in [5, 5.41) is 12.9. The first-order valence-corrected chi connectivity index (χ1v) is 15.2. The first-order valence-electron chi connectivity index (χ1n) is 14.4. The molecular formula is C40H25NS. The fraction of sp³-hybridized carbons (Fsp3) is 0. The summed E-state index contributed by atoms with van der Waals surface area (Å²) in [6.45, 7) is 0. The van der Waals surface area contributed by atoms with E-state index in [4.69, 9.17) is 0 Å². The summed E-state index contributed by atoms with van der Waals surface area (Å²) >= 11 is 1.87. The van der Waals surface area contributed by atoms with Crippen LogP contribution in [-0.4, -0.2) is 0 Å². The minimum Gasteiger partial charge on any atom is -0.310 e. The third-order valence-corrected chi connectivity index (χ3v) is 9.72.